The Morgan fingerprint density at radius 3 is 2.50 bits per heavy atom. The van der Waals surface area contributed by atoms with Gasteiger partial charge >= 0.3 is 11.9 Å². The molecule has 0 amide bonds. The summed E-state index contributed by atoms with van der Waals surface area (Å²) in [7, 11) is 0. The zero-order valence-electron chi connectivity index (χ0n) is 18.3. The fourth-order valence-corrected chi connectivity index (χ4v) is 7.31. The summed E-state index contributed by atoms with van der Waals surface area (Å²) in [5, 5.41) is 8.77. The quantitative estimate of drug-likeness (QED) is 0.590. The maximum absolute atomic E-state index is 12.0. The molecular weight excluding hydrogens is 352 g/mol. The van der Waals surface area contributed by atoms with Crippen molar-refractivity contribution in [2.75, 3.05) is 6.61 Å². The van der Waals surface area contributed by atoms with Gasteiger partial charge in [-0.1, -0.05) is 34.1 Å². The van der Waals surface area contributed by atoms with E-state index in [1.165, 1.54) is 44.9 Å². The minimum absolute atomic E-state index is 0.0192. The molecule has 0 bridgehead atoms. The number of fused-ring (bicyclic) bond motifs is 3. The van der Waals surface area contributed by atoms with Gasteiger partial charge in [0.1, 0.15) is 0 Å². The molecule has 0 radical (unpaired) electrons. The molecule has 3 saturated carbocycles. The van der Waals surface area contributed by atoms with Gasteiger partial charge in [-0.2, -0.15) is 0 Å². The molecule has 0 aliphatic heterocycles. The van der Waals surface area contributed by atoms with Gasteiger partial charge in [0.2, 0.25) is 0 Å². The molecule has 0 saturated heterocycles. The highest BCUT2D eigenvalue weighted by atomic mass is 16.5. The zero-order valence-corrected chi connectivity index (χ0v) is 18.3. The Kier molecular flexibility index (Phi) is 6.46. The van der Waals surface area contributed by atoms with Crippen LogP contribution in [0.1, 0.15) is 91.9 Å². The maximum Gasteiger partial charge on any atom is 0.306 e. The molecular formula is C24H40O4. The molecule has 3 aliphatic rings. The van der Waals surface area contributed by atoms with Crippen molar-refractivity contribution in [1.82, 2.24) is 0 Å². The SMILES string of the molecule is CC(C)C1CCC2C(CCC3C(C)(COC(=O)CCC(=O)O)CCCC23C)C1. The third-order valence-corrected chi connectivity index (χ3v) is 8.85. The number of carboxylic acid groups (broad SMARTS) is 1. The summed E-state index contributed by atoms with van der Waals surface area (Å²) in [6, 6.07) is 0. The summed E-state index contributed by atoms with van der Waals surface area (Å²) in [4.78, 5) is 22.7. The predicted molar refractivity (Wildman–Crippen MR) is 110 cm³/mol. The second-order valence-corrected chi connectivity index (χ2v) is 10.9. The largest absolute Gasteiger partial charge is 0.481 e. The van der Waals surface area contributed by atoms with Crippen LogP contribution in [0.15, 0.2) is 0 Å². The third-order valence-electron chi connectivity index (χ3n) is 8.85. The molecule has 3 rings (SSSR count). The molecule has 1 N–H and O–H groups in total. The first-order chi connectivity index (χ1) is 13.2. The number of ether oxygens (including phenoxy) is 1. The summed E-state index contributed by atoms with van der Waals surface area (Å²) in [6.45, 7) is 10.1. The molecule has 6 unspecified atom stereocenters. The minimum Gasteiger partial charge on any atom is -0.481 e. The van der Waals surface area contributed by atoms with E-state index in [4.69, 9.17) is 9.84 Å². The van der Waals surface area contributed by atoms with Crippen molar-refractivity contribution in [3.8, 4) is 0 Å². The smallest absolute Gasteiger partial charge is 0.306 e. The highest BCUT2D eigenvalue weighted by molar-refractivity contribution is 5.76. The molecule has 3 aliphatic carbocycles. The van der Waals surface area contributed by atoms with Crippen LogP contribution in [-0.2, 0) is 14.3 Å². The molecule has 0 aromatic carbocycles. The molecule has 0 aromatic heterocycles. The monoisotopic (exact) mass is 392 g/mol. The first-order valence-electron chi connectivity index (χ1n) is 11.5. The summed E-state index contributed by atoms with van der Waals surface area (Å²) >= 11 is 0. The summed E-state index contributed by atoms with van der Waals surface area (Å²) in [5.74, 6) is 2.70. The van der Waals surface area contributed by atoms with E-state index < -0.39 is 5.97 Å². The molecule has 160 valence electrons. The Morgan fingerprint density at radius 1 is 1.07 bits per heavy atom. The Labute approximate surface area is 170 Å². The number of aliphatic carboxylic acids is 1. The van der Waals surface area contributed by atoms with Crippen LogP contribution in [-0.4, -0.2) is 23.7 Å². The van der Waals surface area contributed by atoms with Crippen LogP contribution in [0.4, 0.5) is 0 Å². The molecule has 4 nitrogen and oxygen atoms in total. The molecule has 0 spiro atoms. The van der Waals surface area contributed by atoms with E-state index in [1.54, 1.807) is 0 Å². The van der Waals surface area contributed by atoms with Crippen molar-refractivity contribution >= 4 is 11.9 Å². The van der Waals surface area contributed by atoms with Crippen LogP contribution in [0.5, 0.6) is 0 Å². The maximum atomic E-state index is 12.0. The summed E-state index contributed by atoms with van der Waals surface area (Å²) in [5.41, 5.74) is 0.400. The van der Waals surface area contributed by atoms with Crippen LogP contribution in [0.25, 0.3) is 0 Å². The fourth-order valence-electron chi connectivity index (χ4n) is 7.31. The van der Waals surface area contributed by atoms with Gasteiger partial charge in [0, 0.05) is 5.41 Å². The normalized spacial score (nSPS) is 40.5. The van der Waals surface area contributed by atoms with Crippen LogP contribution < -0.4 is 0 Å². The number of hydrogen-bond acceptors (Lipinski definition) is 3. The lowest BCUT2D eigenvalue weighted by Crippen LogP contribution is -2.55. The second-order valence-electron chi connectivity index (χ2n) is 10.9. The summed E-state index contributed by atoms with van der Waals surface area (Å²) < 4.78 is 5.61. The fraction of sp³-hybridized carbons (Fsp3) is 0.917. The summed E-state index contributed by atoms with van der Waals surface area (Å²) in [6.07, 6.45) is 10.2. The predicted octanol–water partition coefficient (Wildman–Crippen LogP) is 5.69. The van der Waals surface area contributed by atoms with Gasteiger partial charge in [0.05, 0.1) is 19.4 Å². The average Bonchev–Trinajstić information content (AvgIpc) is 2.64. The van der Waals surface area contributed by atoms with Crippen molar-refractivity contribution in [3.63, 3.8) is 0 Å². The molecule has 4 heteroatoms. The van der Waals surface area contributed by atoms with Gasteiger partial charge in [0.25, 0.3) is 0 Å². The topological polar surface area (TPSA) is 63.6 Å². The first-order valence-corrected chi connectivity index (χ1v) is 11.5. The molecule has 3 fully saturated rings. The standard InChI is InChI=1S/C24H40O4/c1-16(2)17-6-8-19-18(14-17)7-9-20-23(3,12-5-13-24(19,20)4)15-28-22(27)11-10-21(25)26/h16-20H,5-15H2,1-4H3,(H,25,26). The van der Waals surface area contributed by atoms with E-state index in [9.17, 15) is 9.59 Å². The van der Waals surface area contributed by atoms with Crippen molar-refractivity contribution in [2.45, 2.75) is 91.9 Å². The minimum atomic E-state index is -0.941. The highest BCUT2D eigenvalue weighted by Crippen LogP contribution is 2.64. The van der Waals surface area contributed by atoms with Crippen LogP contribution in [0, 0.1) is 40.4 Å². The van der Waals surface area contributed by atoms with Gasteiger partial charge in [0.15, 0.2) is 0 Å². The van der Waals surface area contributed by atoms with E-state index in [2.05, 4.69) is 27.7 Å². The third kappa shape index (κ3) is 4.26. The lowest BCUT2D eigenvalue weighted by atomic mass is 9.44. The first kappa shape index (κ1) is 21.6. The van der Waals surface area contributed by atoms with Crippen molar-refractivity contribution in [1.29, 1.82) is 0 Å². The van der Waals surface area contributed by atoms with Gasteiger partial charge in [-0.15, -0.1) is 0 Å². The number of carbonyl (C=O) groups excluding carboxylic acids is 1. The molecule has 28 heavy (non-hydrogen) atoms. The van der Waals surface area contributed by atoms with Crippen molar-refractivity contribution in [2.24, 2.45) is 40.4 Å². The Hall–Kier alpha value is -1.06. The molecule has 6 atom stereocenters. The number of rotatable bonds is 6. The number of esters is 1. The molecule has 0 aromatic rings. The van der Waals surface area contributed by atoms with Crippen LogP contribution in [0.2, 0.25) is 0 Å². The zero-order chi connectivity index (χ0) is 20.5. The number of carboxylic acids is 1. The van der Waals surface area contributed by atoms with E-state index in [0.717, 1.165) is 30.1 Å². The Morgan fingerprint density at radius 2 is 1.82 bits per heavy atom. The number of carbonyl (C=O) groups is 2. The lowest BCUT2D eigenvalue weighted by Gasteiger charge is -2.61. The van der Waals surface area contributed by atoms with E-state index >= 15 is 0 Å². The van der Waals surface area contributed by atoms with Crippen LogP contribution in [0.3, 0.4) is 0 Å². The van der Waals surface area contributed by atoms with Crippen LogP contribution >= 0.6 is 0 Å². The number of hydrogen-bond donors (Lipinski definition) is 1. The average molecular weight is 393 g/mol. The highest BCUT2D eigenvalue weighted by Gasteiger charge is 2.57. The Balaban J connectivity index is 1.67. The van der Waals surface area contributed by atoms with Gasteiger partial charge in [-0.25, -0.2) is 0 Å². The second kappa shape index (κ2) is 8.36. The van der Waals surface area contributed by atoms with Gasteiger partial charge in [-0.05, 0) is 80.0 Å². The van der Waals surface area contributed by atoms with E-state index in [-0.39, 0.29) is 24.2 Å². The lowest BCUT2D eigenvalue weighted by molar-refractivity contribution is -0.164. The van der Waals surface area contributed by atoms with Gasteiger partial charge in [-0.3, -0.25) is 9.59 Å². The Bertz CT molecular complexity index is 585. The van der Waals surface area contributed by atoms with Gasteiger partial charge < -0.3 is 9.84 Å². The van der Waals surface area contributed by atoms with E-state index in [1.807, 2.05) is 0 Å². The van der Waals surface area contributed by atoms with Crippen molar-refractivity contribution in [3.05, 3.63) is 0 Å². The molecule has 0 heterocycles. The van der Waals surface area contributed by atoms with E-state index in [0.29, 0.717) is 17.9 Å². The van der Waals surface area contributed by atoms with Crippen molar-refractivity contribution < 1.29 is 19.4 Å².